The molecule has 134 heavy (non-hydrogen) atoms. The molecule has 0 radical (unpaired) electrons. The fraction of sp³-hybridized carbons (Fsp3) is 0.462. The number of rotatable bonds is 18. The number of hydrogen-bond donors (Lipinski definition) is 2. The molecule has 0 atom stereocenters. The molecule has 4 aromatic carbocycles. The number of nitrogens with zero attached hydrogens (tertiary/aromatic N) is 12. The summed E-state index contributed by atoms with van der Waals surface area (Å²) in [5, 5.41) is 4.52. The molecule has 728 valence electrons. The molecule has 18 rings (SSSR count). The van der Waals surface area contributed by atoms with Crippen LogP contribution in [0.4, 0.5) is 11.4 Å². The maximum atomic E-state index is 11.3. The zero-order valence-corrected chi connectivity index (χ0v) is 80.5. The van der Waals surface area contributed by atoms with Gasteiger partial charge in [-0.2, -0.15) is 14.0 Å². The quantitative estimate of drug-likeness (QED) is 0.0595. The van der Waals surface area contributed by atoms with Crippen LogP contribution in [0.3, 0.4) is 0 Å². The summed E-state index contributed by atoms with van der Waals surface area (Å²) >= 11 is 0. The number of ether oxygens (including phenoxy) is 4. The first-order chi connectivity index (χ1) is 63.4. The second-order valence-electron chi connectivity index (χ2n) is 32.2. The average molecular weight is 2010 g/mol. The summed E-state index contributed by atoms with van der Waals surface area (Å²) in [6.07, 6.45) is 17.2. The Bertz CT molecular complexity index is 5950. The molecule has 14 aliphatic rings. The van der Waals surface area contributed by atoms with Gasteiger partial charge in [0.1, 0.15) is 114 Å². The molecule has 43 heteroatoms. The van der Waals surface area contributed by atoms with E-state index in [1.54, 1.807) is 0 Å². The second kappa shape index (κ2) is 50.0. The summed E-state index contributed by atoms with van der Waals surface area (Å²) in [5.74, 6) is 6.47. The predicted molar refractivity (Wildman–Crippen MR) is 451 cm³/mol. The number of carbonyl (C=O) groups is 1. The molecule has 0 saturated carbocycles. The van der Waals surface area contributed by atoms with Gasteiger partial charge in [0, 0.05) is 87.1 Å². The van der Waals surface area contributed by atoms with Crippen LogP contribution in [0.2, 0.25) is 0 Å². The number of aryl methyl sites for hydroxylation is 2. The highest BCUT2D eigenvalue weighted by atomic mass is 79.9. The van der Waals surface area contributed by atoms with Crippen molar-refractivity contribution >= 4 is 61.7 Å². The highest BCUT2D eigenvalue weighted by Gasteiger charge is 2.26. The number of unbranched alkanes of at least 4 members (excludes halogenated alkanes) is 2. The number of anilines is 2. The number of hydrogen-bond acceptors (Lipinski definition) is 33. The van der Waals surface area contributed by atoms with E-state index in [1.165, 1.54) is 118 Å². The van der Waals surface area contributed by atoms with Gasteiger partial charge in [0.05, 0.1) is 89.9 Å². The number of likely N-dealkylation sites (N-methyl/N-ethyl adjacent to an activating group) is 5. The first-order valence-corrected chi connectivity index (χ1v) is 49.4. The summed E-state index contributed by atoms with van der Waals surface area (Å²) < 4.78 is 192. The molecule has 2 saturated heterocycles. The van der Waals surface area contributed by atoms with Crippen molar-refractivity contribution in [3.8, 4) is 68.8 Å². The molecule has 0 bridgehead atoms. The van der Waals surface area contributed by atoms with Gasteiger partial charge in [-0.15, -0.1) is 30.7 Å². The van der Waals surface area contributed by atoms with Crippen LogP contribution < -0.4 is 161 Å². The summed E-state index contributed by atoms with van der Waals surface area (Å²) in [6.45, 7) is 32.9. The topological polar surface area (TPSA) is 575 Å². The van der Waals surface area contributed by atoms with Crippen LogP contribution in [-0.2, 0) is 17.6 Å². The minimum absolute atomic E-state index is 0. The van der Waals surface area contributed by atoms with Crippen LogP contribution in [0.1, 0.15) is 130 Å². The first-order valence-electron chi connectivity index (χ1n) is 44.4. The maximum Gasteiger partial charge on any atom is 0.282 e. The number of fused-ring (bicyclic) bond motifs is 12. The van der Waals surface area contributed by atoms with E-state index in [9.17, 15) is 4.79 Å². The molecule has 2 fully saturated rings. The first kappa shape index (κ1) is 107. The Labute approximate surface area is 793 Å². The van der Waals surface area contributed by atoms with E-state index in [1.807, 2.05) is 60.0 Å². The second-order valence-corrected chi connectivity index (χ2v) is 35.2. The van der Waals surface area contributed by atoms with Gasteiger partial charge < -0.3 is 69.1 Å². The van der Waals surface area contributed by atoms with Crippen molar-refractivity contribution in [2.75, 3.05) is 155 Å². The van der Waals surface area contributed by atoms with Gasteiger partial charge in [-0.1, -0.05) is 39.5 Å². The lowest BCUT2D eigenvalue weighted by molar-refractivity contribution is -2.00. The summed E-state index contributed by atoms with van der Waals surface area (Å²) in [7, 11) is -17.4. The van der Waals surface area contributed by atoms with Gasteiger partial charge in [0.25, 0.3) is 5.91 Å². The molecular formula is C91H114BrCl4N13O25. The zero-order chi connectivity index (χ0) is 95.7. The van der Waals surface area contributed by atoms with Gasteiger partial charge in [-0.05, 0) is 153 Å². The van der Waals surface area contributed by atoms with Gasteiger partial charge >= 0.3 is 0 Å². The Morgan fingerprint density at radius 1 is 0.396 bits per heavy atom. The van der Waals surface area contributed by atoms with E-state index in [2.05, 4.69) is 148 Å². The monoisotopic (exact) mass is 2010 g/mol. The molecule has 1 amide bonds. The fourth-order valence-electron chi connectivity index (χ4n) is 16.3. The smallest absolute Gasteiger partial charge is 0.282 e. The Morgan fingerprint density at radius 2 is 0.716 bits per heavy atom. The van der Waals surface area contributed by atoms with Crippen LogP contribution in [0.25, 0.3) is 90.2 Å². The average Bonchev–Trinajstić information content (AvgIpc) is 0.783. The Hall–Kier alpha value is -9.45. The minimum atomic E-state index is -4.94. The molecule has 4 aliphatic carbocycles. The molecule has 0 spiro atoms. The Kier molecular flexibility index (Phi) is 39.8. The van der Waals surface area contributed by atoms with Crippen molar-refractivity contribution in [1.29, 1.82) is 0 Å². The number of benzene rings is 8. The predicted octanol–water partition coefficient (Wildman–Crippen LogP) is -8.75. The highest BCUT2D eigenvalue weighted by Crippen LogP contribution is 2.40. The van der Waals surface area contributed by atoms with Gasteiger partial charge in [0.2, 0.25) is 28.0 Å². The summed E-state index contributed by atoms with van der Waals surface area (Å²) in [6, 6.07) is 41.2. The normalized spacial score (nSPS) is 15.6. The SMILES string of the molecule is CCCC[N+](CCCC)=c1ccc2nc3cc4c(cc3oc-2c1)CCCO4.CCN1CCOc2cc3nc4ccc(=[N+](CC)CC(N)=O)cc-4oc3cc21.CC[N+](CCN1CCCCC1)=c1ccc2nc3cc4c(cc3oc-2c1)CCCO4.CC[N+](CCN1CCCCC1)=c1ccc2nc3cc4c(cc3oc-2c1)N(C)CCO4.[Br-].[O-][Cl+3]([O-])([O-])O.[O-][Cl+3]([O-])([O-])[O-].[O-][Cl+3]([O-])([O-])[O-].[O-][Cl+3]([O-])([O-])[O-]. The third-order valence-electron chi connectivity index (χ3n) is 22.9. The van der Waals surface area contributed by atoms with E-state index in [-0.39, 0.29) is 29.4 Å². The lowest BCUT2D eigenvalue weighted by atomic mass is 10.1. The largest absolute Gasteiger partial charge is 1.00 e. The molecule has 0 unspecified atom stereocenters. The molecule has 3 N–H and O–H groups in total. The molecule has 10 aliphatic heterocycles. The fourth-order valence-corrected chi connectivity index (χ4v) is 16.3. The zero-order valence-electron chi connectivity index (χ0n) is 75.9. The molecule has 0 aromatic heterocycles. The molecule has 10 heterocycles. The van der Waals surface area contributed by atoms with Crippen molar-refractivity contribution < 1.29 is 174 Å². The van der Waals surface area contributed by atoms with Crippen molar-refractivity contribution in [2.24, 2.45) is 5.73 Å². The van der Waals surface area contributed by atoms with Crippen molar-refractivity contribution in [1.82, 2.24) is 48.0 Å². The number of halogens is 5. The Morgan fingerprint density at radius 3 is 1.07 bits per heavy atom. The number of primary amides is 1. The Balaban J connectivity index is 0.000000172. The van der Waals surface area contributed by atoms with E-state index in [0.717, 1.165) is 229 Å². The number of piperidine rings is 2. The lowest BCUT2D eigenvalue weighted by Crippen LogP contribution is -3.00. The van der Waals surface area contributed by atoms with E-state index >= 15 is 0 Å². The number of carbonyl (C=O) groups excluding carboxylic acids is 1. The molecule has 4 aromatic rings. The number of likely N-dealkylation sites (tertiary alicyclic amines) is 2. The standard InChI is InChI=1S/C24H31N4O2.C24H30N3O2.C23H29N2O2.C20H22N4O3.BrH.4ClHO4/c1-3-28(12-11-27-9-5-4-6-10-27)18-7-8-19-22(15-18)30-23-17-21-24(16-20(23)25-19)29-14-13-26(21)2;1-2-27(13-12-26-10-4-3-5-11-26)19-8-9-20-24(16-19)29-23-15-18-7-6-14-28-22(18)17-21(23)25-20;1-3-5-11-25(12-6-4-2)18-9-10-19-23(15-18)27-22-14-17-8-7-13-26-21(17)16-20(22)24-19;1-3-23-7-8-26-19-10-15-18(11-16(19)23)27-17-9-13(5-6-14(17)22-15)24(4-2)12-20(21)25;;4*2-1(3,4)5/h7-8,15-17H,3-6,9-14H2,1-2H3;8-9,15-17H,2-7,10-14H2,1H3;9-10,14-16H,3-8,11-13H2,1-2H3;5-6,9-11H,3-4,7-8,12H2,1-2H3,(H-,21,25);1H;4*(H,2,3,4,5)/q3*+1;;;;;;/p-3. The van der Waals surface area contributed by atoms with E-state index < -0.39 is 41.0 Å². The molecular weight excluding hydrogens is 1900 g/mol. The third-order valence-corrected chi connectivity index (χ3v) is 22.9. The third kappa shape index (κ3) is 32.9. The van der Waals surface area contributed by atoms with Crippen LogP contribution in [0, 0.1) is 41.0 Å². The maximum absolute atomic E-state index is 11.3. The minimum Gasteiger partial charge on any atom is -1.00 e. The van der Waals surface area contributed by atoms with Crippen LogP contribution in [0.15, 0.2) is 139 Å². The number of aromatic nitrogens is 4. The number of nitrogens with two attached hydrogens (primary N) is 1. The highest BCUT2D eigenvalue weighted by molar-refractivity contribution is 5.86. The van der Waals surface area contributed by atoms with Crippen molar-refractivity contribution in [2.45, 2.75) is 131 Å². The van der Waals surface area contributed by atoms with Crippen LogP contribution >= 0.6 is 0 Å². The van der Waals surface area contributed by atoms with Gasteiger partial charge in [0.15, 0.2) is 58.5 Å². The van der Waals surface area contributed by atoms with Crippen molar-refractivity contribution in [3.63, 3.8) is 0 Å². The van der Waals surface area contributed by atoms with E-state index in [0.29, 0.717) is 31.1 Å². The van der Waals surface area contributed by atoms with Crippen LogP contribution in [0.5, 0.6) is 23.0 Å². The number of amides is 1. The van der Waals surface area contributed by atoms with Crippen molar-refractivity contribution in [3.05, 3.63) is 154 Å². The lowest BCUT2D eigenvalue weighted by Gasteiger charge is -2.30. The summed E-state index contributed by atoms with van der Waals surface area (Å²) in [4.78, 5) is 40.2. The van der Waals surface area contributed by atoms with Gasteiger partial charge in [-0.25, -0.2) is 94.1 Å². The van der Waals surface area contributed by atoms with Gasteiger partial charge in [-0.3, -0.25) is 14.6 Å². The summed E-state index contributed by atoms with van der Waals surface area (Å²) in [5.41, 5.74) is 19.8. The molecule has 38 nitrogen and oxygen atoms in total. The van der Waals surface area contributed by atoms with Crippen LogP contribution in [-0.4, -0.2) is 185 Å². The van der Waals surface area contributed by atoms with E-state index in [4.69, 9.17) is 137 Å².